The second-order valence-corrected chi connectivity index (χ2v) is 17.4. The van der Waals surface area contributed by atoms with Crippen LogP contribution in [0.1, 0.15) is 68.5 Å². The van der Waals surface area contributed by atoms with Crippen LogP contribution in [0.3, 0.4) is 0 Å². The van der Waals surface area contributed by atoms with E-state index in [0.29, 0.717) is 60.4 Å². The fraction of sp³-hybridized carbons (Fsp3) is 0.308. The van der Waals surface area contributed by atoms with E-state index >= 15 is 0 Å². The molecule has 0 amide bonds. The molecule has 2 aliphatic rings. The van der Waals surface area contributed by atoms with Crippen LogP contribution in [0.15, 0.2) is 108 Å². The number of pyridine rings is 2. The molecule has 65 heavy (non-hydrogen) atoms. The van der Waals surface area contributed by atoms with E-state index in [1.54, 1.807) is 24.5 Å². The minimum Gasteiger partial charge on any atom is -0.489 e. The van der Waals surface area contributed by atoms with Crippen molar-refractivity contribution in [2.24, 2.45) is 0 Å². The Morgan fingerprint density at radius 3 is 1.65 bits per heavy atom. The van der Waals surface area contributed by atoms with Gasteiger partial charge in [-0.2, -0.15) is 10.5 Å². The molecule has 2 aromatic heterocycles. The molecule has 0 aliphatic carbocycles. The van der Waals surface area contributed by atoms with Gasteiger partial charge in [-0.1, -0.05) is 42.5 Å². The Morgan fingerprint density at radius 2 is 1.12 bits per heavy atom. The van der Waals surface area contributed by atoms with E-state index in [2.05, 4.69) is 98.1 Å². The van der Waals surface area contributed by atoms with Crippen LogP contribution in [0.25, 0.3) is 11.1 Å². The van der Waals surface area contributed by atoms with E-state index in [-0.39, 0.29) is 38.5 Å². The Morgan fingerprint density at radius 1 is 0.600 bits per heavy atom. The highest BCUT2D eigenvalue weighted by molar-refractivity contribution is 9.10. The lowest BCUT2D eigenvalue weighted by atomic mass is 9.92. The maximum Gasteiger partial charge on any atom is 0.137 e. The first-order valence-electron chi connectivity index (χ1n) is 21.7. The van der Waals surface area contributed by atoms with Gasteiger partial charge in [-0.25, -0.2) is 0 Å². The van der Waals surface area contributed by atoms with E-state index in [0.717, 1.165) is 86.0 Å². The third-order valence-corrected chi connectivity index (χ3v) is 13.1. The number of aliphatic hydroxyl groups excluding tert-OH is 2. The molecule has 4 heterocycles. The number of hydrogen-bond donors (Lipinski definition) is 2. The first kappa shape index (κ1) is 45.3. The van der Waals surface area contributed by atoms with Gasteiger partial charge in [0, 0.05) is 97.4 Å². The van der Waals surface area contributed by atoms with Crippen molar-refractivity contribution >= 4 is 15.9 Å². The van der Waals surface area contributed by atoms with Crippen LogP contribution in [0, 0.1) is 36.5 Å². The molecule has 2 N–H and O–H groups in total. The van der Waals surface area contributed by atoms with Gasteiger partial charge in [0.15, 0.2) is 0 Å². The lowest BCUT2D eigenvalue weighted by Gasteiger charge is -2.40. The van der Waals surface area contributed by atoms with E-state index < -0.39 is 0 Å². The summed E-state index contributed by atoms with van der Waals surface area (Å²) in [7, 11) is 0. The van der Waals surface area contributed by atoms with Crippen molar-refractivity contribution < 1.29 is 29.2 Å². The first-order valence-corrected chi connectivity index (χ1v) is 22.5. The quantitative estimate of drug-likeness (QED) is 0.0798. The molecular weight excluding hydrogens is 885 g/mol. The van der Waals surface area contributed by atoms with Crippen molar-refractivity contribution in [1.82, 2.24) is 19.8 Å². The van der Waals surface area contributed by atoms with Crippen molar-refractivity contribution in [1.29, 1.82) is 10.5 Å². The molecule has 2 saturated heterocycles. The fourth-order valence-electron chi connectivity index (χ4n) is 8.25. The van der Waals surface area contributed by atoms with E-state index in [9.17, 15) is 20.7 Å². The highest BCUT2D eigenvalue weighted by atomic mass is 79.9. The molecule has 13 heteroatoms. The molecule has 2 fully saturated rings. The third-order valence-electron chi connectivity index (χ3n) is 12.5. The molecular formula is C52H51BrN6O6. The summed E-state index contributed by atoms with van der Waals surface area (Å²) < 4.78 is 26.5. The largest absolute Gasteiger partial charge is 0.489 e. The SMILES string of the molecule is Cc1c(COc2ccc(CN3CC[C@@H]3CO)c(OCc3cncc(C#N)c3)c2)cccc1-c1cccc(COc2cc(OCc3cncc(C#N)c3)c(CN3CC[C@@H]3CO)cc2Br)c1C. The first-order chi connectivity index (χ1) is 31.7. The van der Waals surface area contributed by atoms with Crippen LogP contribution >= 0.6 is 15.9 Å². The average Bonchev–Trinajstić information content (AvgIpc) is 3.31. The number of aliphatic hydroxyl groups is 2. The molecule has 2 aliphatic heterocycles. The van der Waals surface area contributed by atoms with Gasteiger partial charge in [0.1, 0.15) is 61.6 Å². The number of aromatic nitrogens is 2. The zero-order valence-corrected chi connectivity index (χ0v) is 38.1. The Kier molecular flexibility index (Phi) is 14.7. The van der Waals surface area contributed by atoms with Crippen LogP contribution in [0.5, 0.6) is 23.0 Å². The number of hydrogen-bond acceptors (Lipinski definition) is 12. The van der Waals surface area contributed by atoms with E-state index in [1.165, 1.54) is 12.4 Å². The van der Waals surface area contributed by atoms with Crippen LogP contribution in [0.4, 0.5) is 0 Å². The minimum atomic E-state index is 0.112. The molecule has 0 unspecified atom stereocenters. The molecule has 332 valence electrons. The summed E-state index contributed by atoms with van der Waals surface area (Å²) in [5.41, 5.74) is 11.0. The van der Waals surface area contributed by atoms with E-state index in [4.69, 9.17) is 18.9 Å². The van der Waals surface area contributed by atoms with Gasteiger partial charge >= 0.3 is 0 Å². The van der Waals surface area contributed by atoms with Crippen molar-refractivity contribution in [3.63, 3.8) is 0 Å². The van der Waals surface area contributed by atoms with Crippen LogP contribution in [-0.4, -0.2) is 68.4 Å². The maximum absolute atomic E-state index is 9.84. The van der Waals surface area contributed by atoms with Gasteiger partial charge in [-0.05, 0) is 100 Å². The number of ether oxygens (including phenoxy) is 4. The number of benzene rings is 4. The van der Waals surface area contributed by atoms with Gasteiger partial charge in [0.05, 0.1) is 28.8 Å². The third kappa shape index (κ3) is 10.8. The number of nitriles is 2. The monoisotopic (exact) mass is 934 g/mol. The van der Waals surface area contributed by atoms with Gasteiger partial charge in [-0.15, -0.1) is 0 Å². The lowest BCUT2D eigenvalue weighted by Crippen LogP contribution is -2.49. The Hall–Kier alpha value is -6.32. The maximum atomic E-state index is 9.84. The number of rotatable bonds is 19. The molecule has 8 rings (SSSR count). The predicted molar refractivity (Wildman–Crippen MR) is 249 cm³/mol. The van der Waals surface area contributed by atoms with Crippen molar-refractivity contribution in [2.75, 3.05) is 26.3 Å². The summed E-state index contributed by atoms with van der Waals surface area (Å²) >= 11 is 3.76. The summed E-state index contributed by atoms with van der Waals surface area (Å²) in [5.74, 6) is 2.65. The fourth-order valence-corrected chi connectivity index (χ4v) is 8.75. The van der Waals surface area contributed by atoms with Crippen molar-refractivity contribution in [3.8, 4) is 46.3 Å². The van der Waals surface area contributed by atoms with E-state index in [1.807, 2.05) is 30.3 Å². The Bertz CT molecular complexity index is 2730. The van der Waals surface area contributed by atoms with Gasteiger partial charge in [0.2, 0.25) is 0 Å². The normalized spacial score (nSPS) is 15.9. The zero-order valence-electron chi connectivity index (χ0n) is 36.5. The summed E-state index contributed by atoms with van der Waals surface area (Å²) in [6, 6.07) is 30.5. The zero-order chi connectivity index (χ0) is 45.3. The predicted octanol–water partition coefficient (Wildman–Crippen LogP) is 8.72. The molecule has 0 bridgehead atoms. The topological polar surface area (TPSA) is 157 Å². The Balaban J connectivity index is 0.973. The summed E-state index contributed by atoms with van der Waals surface area (Å²) in [6.45, 7) is 8.70. The smallest absolute Gasteiger partial charge is 0.137 e. The molecule has 0 spiro atoms. The standard InChI is InChI=1S/C52H51BrN6O6/c1-34-41(32-62-46-10-9-40(26-58-13-11-44(58)28-60)50(18-46)63-30-38-15-36(20-54)22-56-24-38)5-3-7-47(34)48-8-4-6-42(35(48)2)33-65-52-19-51(64-31-39-16-37(21-55)23-57-25-39)43(17-49(52)53)27-59-14-12-45(59)29-61/h3-10,15-19,22-25,44-45,60-61H,11-14,26-33H2,1-2H3/t44-,45-/m1/s1. The summed E-state index contributed by atoms with van der Waals surface area (Å²) in [4.78, 5) is 12.8. The lowest BCUT2D eigenvalue weighted by molar-refractivity contribution is 0.0348. The molecule has 2 atom stereocenters. The highest BCUT2D eigenvalue weighted by Gasteiger charge is 2.29. The molecule has 12 nitrogen and oxygen atoms in total. The van der Waals surface area contributed by atoms with Crippen LogP contribution < -0.4 is 18.9 Å². The number of likely N-dealkylation sites (tertiary alicyclic amines) is 2. The molecule has 4 aromatic carbocycles. The van der Waals surface area contributed by atoms with Crippen molar-refractivity contribution in [2.45, 2.75) is 78.3 Å². The minimum absolute atomic E-state index is 0.112. The number of nitrogens with zero attached hydrogens (tertiary/aromatic N) is 6. The molecule has 0 radical (unpaired) electrons. The number of halogens is 1. The van der Waals surface area contributed by atoms with Crippen LogP contribution in [0.2, 0.25) is 0 Å². The highest BCUT2D eigenvalue weighted by Crippen LogP contribution is 2.38. The second kappa shape index (κ2) is 21.1. The summed E-state index contributed by atoms with van der Waals surface area (Å²) in [5, 5.41) is 38.4. The van der Waals surface area contributed by atoms with Crippen LogP contribution in [-0.2, 0) is 39.5 Å². The second-order valence-electron chi connectivity index (χ2n) is 16.6. The van der Waals surface area contributed by atoms with Gasteiger partial charge in [0.25, 0.3) is 0 Å². The Labute approximate surface area is 388 Å². The average molecular weight is 936 g/mol. The molecule has 6 aromatic rings. The summed E-state index contributed by atoms with van der Waals surface area (Å²) in [6.07, 6.45) is 8.38. The molecule has 0 saturated carbocycles. The van der Waals surface area contributed by atoms with Gasteiger partial charge in [-0.3, -0.25) is 19.8 Å². The van der Waals surface area contributed by atoms with Crippen molar-refractivity contribution in [3.05, 3.63) is 164 Å². The van der Waals surface area contributed by atoms with Gasteiger partial charge < -0.3 is 29.2 Å².